The molecule has 1 heterocycles. The highest BCUT2D eigenvalue weighted by atomic mass is 35.5. The average molecular weight is 404 g/mol. The van der Waals surface area contributed by atoms with E-state index in [4.69, 9.17) is 20.9 Å². The van der Waals surface area contributed by atoms with Gasteiger partial charge in [0, 0.05) is 16.0 Å². The maximum Gasteiger partial charge on any atom is 0.258 e. The Morgan fingerprint density at radius 1 is 1.22 bits per heavy atom. The smallest absolute Gasteiger partial charge is 0.258 e. The van der Waals surface area contributed by atoms with E-state index in [0.717, 1.165) is 22.3 Å². The highest BCUT2D eigenvalue weighted by Gasteiger charge is 2.13. The minimum absolute atomic E-state index is 0.0416. The fourth-order valence-electron chi connectivity index (χ4n) is 2.27. The minimum Gasteiger partial charge on any atom is -0.489 e. The lowest BCUT2D eigenvalue weighted by Gasteiger charge is -2.11. The molecule has 0 saturated heterocycles. The van der Waals surface area contributed by atoms with Crippen molar-refractivity contribution in [2.75, 3.05) is 6.54 Å². The summed E-state index contributed by atoms with van der Waals surface area (Å²) in [5.41, 5.74) is 1.55. The molecule has 0 amide bonds. The molecule has 0 atom stereocenters. The molecule has 0 spiro atoms. The topological polar surface area (TPSA) is 77.3 Å². The van der Waals surface area contributed by atoms with Gasteiger partial charge in [0.05, 0.1) is 17.7 Å². The Bertz CT molecular complexity index is 913. The average Bonchev–Trinajstić information content (AvgIpc) is 3.14. The van der Waals surface area contributed by atoms with Crippen LogP contribution in [0.15, 0.2) is 51.9 Å². The Balaban J connectivity index is 1.74. The summed E-state index contributed by atoms with van der Waals surface area (Å²) in [6, 6.07) is 13.0. The molecule has 2 aromatic carbocycles. The summed E-state index contributed by atoms with van der Waals surface area (Å²) >= 11 is 7.66. The quantitative estimate of drug-likeness (QED) is 0.333. The van der Waals surface area contributed by atoms with Crippen LogP contribution in [0.4, 0.5) is 0 Å². The summed E-state index contributed by atoms with van der Waals surface area (Å²) in [7, 11) is 0. The number of halogens is 1. The van der Waals surface area contributed by atoms with Crippen LogP contribution in [-0.2, 0) is 4.79 Å². The molecule has 8 heteroatoms. The second kappa shape index (κ2) is 9.03. The van der Waals surface area contributed by atoms with Gasteiger partial charge in [-0.15, -0.1) is 0 Å². The third-order valence-corrected chi connectivity index (χ3v) is 4.55. The molecule has 0 radical (unpaired) electrons. The van der Waals surface area contributed by atoms with Gasteiger partial charge < -0.3 is 14.1 Å². The molecule has 0 aliphatic carbocycles. The molecular formula is C19H18ClN3O3S. The highest BCUT2D eigenvalue weighted by Crippen LogP contribution is 2.31. The van der Waals surface area contributed by atoms with Crippen molar-refractivity contribution in [1.29, 1.82) is 0 Å². The zero-order valence-electron chi connectivity index (χ0n) is 14.8. The number of aromatic nitrogens is 2. The Hall–Kier alpha value is -2.35. The number of benzene rings is 2. The van der Waals surface area contributed by atoms with E-state index in [2.05, 4.69) is 14.9 Å². The molecule has 0 fully saturated rings. The van der Waals surface area contributed by atoms with Gasteiger partial charge in [-0.3, -0.25) is 4.72 Å². The number of aldehydes is 1. The maximum atomic E-state index is 10.3. The molecule has 3 aromatic rings. The van der Waals surface area contributed by atoms with Crippen LogP contribution in [0.5, 0.6) is 5.75 Å². The van der Waals surface area contributed by atoms with E-state index in [1.807, 2.05) is 44.2 Å². The molecule has 0 saturated carbocycles. The van der Waals surface area contributed by atoms with Crippen molar-refractivity contribution in [2.45, 2.75) is 24.8 Å². The van der Waals surface area contributed by atoms with Gasteiger partial charge in [0.1, 0.15) is 12.0 Å². The Kier molecular flexibility index (Phi) is 6.49. The van der Waals surface area contributed by atoms with Crippen molar-refractivity contribution in [1.82, 2.24) is 14.9 Å². The van der Waals surface area contributed by atoms with E-state index in [-0.39, 0.29) is 6.10 Å². The number of nitrogens with one attached hydrogen (secondary N) is 1. The van der Waals surface area contributed by atoms with Gasteiger partial charge in [0.2, 0.25) is 5.82 Å². The summed E-state index contributed by atoms with van der Waals surface area (Å²) in [5.74, 6) is 1.49. The van der Waals surface area contributed by atoms with E-state index >= 15 is 0 Å². The largest absolute Gasteiger partial charge is 0.489 e. The van der Waals surface area contributed by atoms with Crippen LogP contribution < -0.4 is 9.46 Å². The summed E-state index contributed by atoms with van der Waals surface area (Å²) in [6.07, 6.45) is 0.856. The predicted octanol–water partition coefficient (Wildman–Crippen LogP) is 4.64. The molecule has 0 aliphatic rings. The van der Waals surface area contributed by atoms with E-state index in [1.165, 1.54) is 11.9 Å². The zero-order valence-corrected chi connectivity index (χ0v) is 16.4. The van der Waals surface area contributed by atoms with Crippen molar-refractivity contribution in [3.63, 3.8) is 0 Å². The van der Waals surface area contributed by atoms with Crippen LogP contribution in [0.3, 0.4) is 0 Å². The van der Waals surface area contributed by atoms with Gasteiger partial charge >= 0.3 is 0 Å². The first-order valence-electron chi connectivity index (χ1n) is 8.31. The summed E-state index contributed by atoms with van der Waals surface area (Å²) in [5, 5.41) is 4.53. The van der Waals surface area contributed by atoms with Gasteiger partial charge in [-0.25, -0.2) is 0 Å². The fraction of sp³-hybridized carbons (Fsp3) is 0.211. The van der Waals surface area contributed by atoms with E-state index < -0.39 is 0 Å². The number of carbonyl (C=O) groups excluding carboxylic acids is 1. The van der Waals surface area contributed by atoms with Crippen molar-refractivity contribution in [3.8, 4) is 28.6 Å². The van der Waals surface area contributed by atoms with Crippen molar-refractivity contribution >= 4 is 29.8 Å². The first-order valence-corrected chi connectivity index (χ1v) is 9.50. The lowest BCUT2D eigenvalue weighted by molar-refractivity contribution is -0.106. The molecule has 0 unspecified atom stereocenters. The van der Waals surface area contributed by atoms with Gasteiger partial charge in [-0.1, -0.05) is 16.8 Å². The third kappa shape index (κ3) is 5.09. The third-order valence-electron chi connectivity index (χ3n) is 3.44. The standard InChI is InChI=1S/C19H18ClN3O3S/c1-12(2)25-17-8-5-14(11-16(17)20)18-22-19(26-23-18)13-3-6-15(7-4-13)27-21-9-10-24/h3-8,10-12,21H,9H2,1-2H3. The zero-order chi connectivity index (χ0) is 19.2. The second-order valence-electron chi connectivity index (χ2n) is 5.88. The Morgan fingerprint density at radius 2 is 1.96 bits per heavy atom. The van der Waals surface area contributed by atoms with Gasteiger partial charge in [0.25, 0.3) is 5.89 Å². The number of hydrogen-bond donors (Lipinski definition) is 1. The molecular weight excluding hydrogens is 386 g/mol. The van der Waals surface area contributed by atoms with Gasteiger partial charge in [0.15, 0.2) is 0 Å². The first kappa shape index (κ1) is 19.4. The van der Waals surface area contributed by atoms with Crippen LogP contribution in [0.2, 0.25) is 5.02 Å². The van der Waals surface area contributed by atoms with Crippen LogP contribution in [0.25, 0.3) is 22.8 Å². The van der Waals surface area contributed by atoms with Crippen LogP contribution >= 0.6 is 23.5 Å². The second-order valence-corrected chi connectivity index (χ2v) is 7.25. The van der Waals surface area contributed by atoms with E-state index in [9.17, 15) is 4.79 Å². The molecule has 27 heavy (non-hydrogen) atoms. The Labute approximate surface area is 166 Å². The van der Waals surface area contributed by atoms with E-state index in [1.54, 1.807) is 12.1 Å². The monoisotopic (exact) mass is 403 g/mol. The number of rotatable bonds is 8. The molecule has 1 aromatic heterocycles. The number of ether oxygens (including phenoxy) is 1. The van der Waals surface area contributed by atoms with Crippen molar-refractivity contribution in [3.05, 3.63) is 47.5 Å². The molecule has 0 bridgehead atoms. The van der Waals surface area contributed by atoms with Crippen LogP contribution in [0.1, 0.15) is 13.8 Å². The maximum absolute atomic E-state index is 10.3. The van der Waals surface area contributed by atoms with Gasteiger partial charge in [-0.05, 0) is 68.3 Å². The van der Waals surface area contributed by atoms with Crippen molar-refractivity contribution in [2.24, 2.45) is 0 Å². The molecule has 1 N–H and O–H groups in total. The SMILES string of the molecule is CC(C)Oc1ccc(-c2noc(-c3ccc(SNCC=O)cc3)n2)cc1Cl. The number of hydrogen-bond acceptors (Lipinski definition) is 7. The lowest BCUT2D eigenvalue weighted by Crippen LogP contribution is -2.05. The minimum atomic E-state index is 0.0416. The molecule has 3 rings (SSSR count). The number of carbonyl (C=O) groups is 1. The fourth-order valence-corrected chi connectivity index (χ4v) is 3.09. The molecule has 0 aliphatic heterocycles. The van der Waals surface area contributed by atoms with Crippen molar-refractivity contribution < 1.29 is 14.1 Å². The highest BCUT2D eigenvalue weighted by molar-refractivity contribution is 7.97. The van der Waals surface area contributed by atoms with Gasteiger partial charge in [-0.2, -0.15) is 4.98 Å². The Morgan fingerprint density at radius 3 is 2.63 bits per heavy atom. The van der Waals surface area contributed by atoms with E-state index in [0.29, 0.717) is 29.0 Å². The summed E-state index contributed by atoms with van der Waals surface area (Å²) < 4.78 is 13.9. The summed E-state index contributed by atoms with van der Waals surface area (Å²) in [4.78, 5) is 15.7. The first-order chi connectivity index (χ1) is 13.1. The normalized spacial score (nSPS) is 11.0. The van der Waals surface area contributed by atoms with Crippen LogP contribution in [-0.4, -0.2) is 29.1 Å². The lowest BCUT2D eigenvalue weighted by atomic mass is 10.2. The number of nitrogens with zero attached hydrogens (tertiary/aromatic N) is 2. The molecule has 140 valence electrons. The summed E-state index contributed by atoms with van der Waals surface area (Å²) in [6.45, 7) is 4.18. The predicted molar refractivity (Wildman–Crippen MR) is 106 cm³/mol. The molecule has 6 nitrogen and oxygen atoms in total. The van der Waals surface area contributed by atoms with Crippen LogP contribution in [0, 0.1) is 0 Å².